The molecule has 2 heterocycles. The van der Waals surface area contributed by atoms with Crippen LogP contribution in [0.15, 0.2) is 48.3 Å². The number of rotatable bonds is 3. The van der Waals surface area contributed by atoms with Crippen molar-refractivity contribution < 1.29 is 4.79 Å². The van der Waals surface area contributed by atoms with E-state index in [1.807, 2.05) is 19.2 Å². The summed E-state index contributed by atoms with van der Waals surface area (Å²) in [6.45, 7) is 0.729. The van der Waals surface area contributed by atoms with Crippen molar-refractivity contribution in [3.63, 3.8) is 0 Å². The number of piperidine rings is 1. The number of aromatic nitrogens is 1. The van der Waals surface area contributed by atoms with Crippen LogP contribution >= 0.6 is 23.2 Å². The fraction of sp³-hybridized carbons (Fsp3) is 0.211. The molecule has 1 aromatic heterocycles. The Morgan fingerprint density at radius 3 is 2.73 bits per heavy atom. The highest BCUT2D eigenvalue weighted by Crippen LogP contribution is 2.28. The second-order valence-electron chi connectivity index (χ2n) is 5.90. The van der Waals surface area contributed by atoms with Gasteiger partial charge >= 0.3 is 0 Å². The molecule has 0 spiro atoms. The first-order valence-corrected chi connectivity index (χ1v) is 8.91. The molecule has 2 N–H and O–H groups in total. The highest BCUT2D eigenvalue weighted by molar-refractivity contribution is 6.43. The molecule has 0 aliphatic carbocycles. The van der Waals surface area contributed by atoms with Gasteiger partial charge in [-0.3, -0.25) is 9.78 Å². The third-order valence-electron chi connectivity index (χ3n) is 4.32. The van der Waals surface area contributed by atoms with E-state index in [0.717, 1.165) is 16.8 Å². The SMILES string of the molecule is CN/C(=C1/CCN(C(=O)c2cccc(Cl)c2Cl)CC1=N)c1cccnc1. The number of pyridine rings is 1. The number of hydrogen-bond acceptors (Lipinski definition) is 4. The Hall–Kier alpha value is -2.37. The minimum absolute atomic E-state index is 0.214. The summed E-state index contributed by atoms with van der Waals surface area (Å²) < 4.78 is 0. The normalized spacial score (nSPS) is 16.4. The quantitative estimate of drug-likeness (QED) is 0.837. The lowest BCUT2D eigenvalue weighted by Gasteiger charge is -2.31. The molecule has 5 nitrogen and oxygen atoms in total. The summed E-state index contributed by atoms with van der Waals surface area (Å²) in [5.41, 5.74) is 3.45. The van der Waals surface area contributed by atoms with Gasteiger partial charge in [-0.15, -0.1) is 0 Å². The number of carbonyl (C=O) groups is 1. The highest BCUT2D eigenvalue weighted by Gasteiger charge is 2.27. The first kappa shape index (κ1) is 18.4. The van der Waals surface area contributed by atoms with E-state index in [4.69, 9.17) is 28.6 Å². The summed E-state index contributed by atoms with van der Waals surface area (Å²) in [6, 6.07) is 8.80. The highest BCUT2D eigenvalue weighted by atomic mass is 35.5. The van der Waals surface area contributed by atoms with E-state index >= 15 is 0 Å². The molecule has 1 amide bonds. The molecule has 26 heavy (non-hydrogen) atoms. The monoisotopic (exact) mass is 388 g/mol. The zero-order valence-electron chi connectivity index (χ0n) is 14.2. The number of nitrogens with one attached hydrogen (secondary N) is 2. The lowest BCUT2D eigenvalue weighted by Crippen LogP contribution is -2.41. The van der Waals surface area contributed by atoms with Gasteiger partial charge in [0.1, 0.15) is 0 Å². The number of amides is 1. The van der Waals surface area contributed by atoms with Gasteiger partial charge in [0.2, 0.25) is 0 Å². The molecule has 2 aromatic rings. The average molecular weight is 389 g/mol. The van der Waals surface area contributed by atoms with Crippen LogP contribution in [0, 0.1) is 5.41 Å². The van der Waals surface area contributed by atoms with Gasteiger partial charge < -0.3 is 15.6 Å². The van der Waals surface area contributed by atoms with Crippen LogP contribution in [0.5, 0.6) is 0 Å². The smallest absolute Gasteiger partial charge is 0.255 e. The number of nitrogens with zero attached hydrogens (tertiary/aromatic N) is 2. The Morgan fingerprint density at radius 2 is 2.08 bits per heavy atom. The predicted molar refractivity (Wildman–Crippen MR) is 105 cm³/mol. The zero-order valence-corrected chi connectivity index (χ0v) is 15.7. The topological polar surface area (TPSA) is 69.1 Å². The molecule has 3 rings (SSSR count). The Bertz CT molecular complexity index is 880. The van der Waals surface area contributed by atoms with Gasteiger partial charge in [0.05, 0.1) is 27.9 Å². The molecule has 0 bridgehead atoms. The van der Waals surface area contributed by atoms with Crippen molar-refractivity contribution in [2.75, 3.05) is 20.1 Å². The number of benzene rings is 1. The molecule has 0 radical (unpaired) electrons. The van der Waals surface area contributed by atoms with Crippen molar-refractivity contribution in [1.82, 2.24) is 15.2 Å². The summed E-state index contributed by atoms with van der Waals surface area (Å²) in [5, 5.41) is 12.2. The van der Waals surface area contributed by atoms with Crippen molar-refractivity contribution >= 4 is 40.5 Å². The standard InChI is InChI=1S/C19H18Cl2N4O/c1-23-18(12-4-3-8-24-10-12)13-7-9-25(11-16(13)22)19(26)14-5-2-6-15(20)17(14)21/h2-6,8,10,22-23H,7,9,11H2,1H3/b18-13-,22-16?. The van der Waals surface area contributed by atoms with Gasteiger partial charge in [0.25, 0.3) is 5.91 Å². The van der Waals surface area contributed by atoms with Gasteiger partial charge in [-0.05, 0) is 30.7 Å². The number of likely N-dealkylation sites (tertiary alicyclic amines) is 1. The molecule has 1 aromatic carbocycles. The van der Waals surface area contributed by atoms with Crippen LogP contribution < -0.4 is 5.32 Å². The molecule has 0 unspecified atom stereocenters. The molecular weight excluding hydrogens is 371 g/mol. The van der Waals surface area contributed by atoms with E-state index in [1.54, 1.807) is 35.5 Å². The minimum Gasteiger partial charge on any atom is -0.387 e. The molecule has 1 fully saturated rings. The molecule has 1 saturated heterocycles. The Kier molecular flexibility index (Phi) is 5.59. The number of halogens is 2. The molecule has 0 atom stereocenters. The van der Waals surface area contributed by atoms with E-state index in [-0.39, 0.29) is 17.5 Å². The van der Waals surface area contributed by atoms with Gasteiger partial charge in [-0.25, -0.2) is 0 Å². The Labute approximate surface area is 162 Å². The summed E-state index contributed by atoms with van der Waals surface area (Å²) in [4.78, 5) is 18.5. The lowest BCUT2D eigenvalue weighted by atomic mass is 9.96. The first-order chi connectivity index (χ1) is 12.5. The first-order valence-electron chi connectivity index (χ1n) is 8.15. The second-order valence-corrected chi connectivity index (χ2v) is 6.69. The Morgan fingerprint density at radius 1 is 1.27 bits per heavy atom. The van der Waals surface area contributed by atoms with Crippen LogP contribution in [-0.4, -0.2) is 41.6 Å². The molecule has 134 valence electrons. The largest absolute Gasteiger partial charge is 0.387 e. The van der Waals surface area contributed by atoms with Gasteiger partial charge in [0, 0.05) is 42.8 Å². The van der Waals surface area contributed by atoms with Crippen molar-refractivity contribution in [2.45, 2.75) is 6.42 Å². The third-order valence-corrected chi connectivity index (χ3v) is 5.14. The molecule has 7 heteroatoms. The zero-order chi connectivity index (χ0) is 18.7. The van der Waals surface area contributed by atoms with Crippen molar-refractivity contribution in [1.29, 1.82) is 5.41 Å². The van der Waals surface area contributed by atoms with Crippen molar-refractivity contribution in [3.8, 4) is 0 Å². The number of hydrogen-bond donors (Lipinski definition) is 2. The minimum atomic E-state index is -0.214. The molecule has 1 aliphatic heterocycles. The third kappa shape index (κ3) is 3.59. The maximum absolute atomic E-state index is 12.8. The fourth-order valence-electron chi connectivity index (χ4n) is 3.03. The van der Waals surface area contributed by atoms with Crippen molar-refractivity contribution in [2.24, 2.45) is 0 Å². The summed E-state index contributed by atoms with van der Waals surface area (Å²) >= 11 is 12.2. The van der Waals surface area contributed by atoms with Crippen LogP contribution in [-0.2, 0) is 0 Å². The maximum atomic E-state index is 12.8. The summed E-state index contributed by atoms with van der Waals surface area (Å²) in [5.74, 6) is -0.214. The summed E-state index contributed by atoms with van der Waals surface area (Å²) in [7, 11) is 1.83. The fourth-order valence-corrected chi connectivity index (χ4v) is 3.41. The van der Waals surface area contributed by atoms with E-state index < -0.39 is 0 Å². The molecular formula is C19H18Cl2N4O. The Balaban J connectivity index is 1.84. The van der Waals surface area contributed by atoms with E-state index in [0.29, 0.717) is 29.3 Å². The lowest BCUT2D eigenvalue weighted by molar-refractivity contribution is 0.0776. The van der Waals surface area contributed by atoms with Crippen molar-refractivity contribution in [3.05, 3.63) is 69.5 Å². The van der Waals surface area contributed by atoms with Gasteiger partial charge in [-0.2, -0.15) is 0 Å². The van der Waals surface area contributed by atoms with Crippen LogP contribution in [0.3, 0.4) is 0 Å². The molecule has 0 saturated carbocycles. The van der Waals surface area contributed by atoms with Crippen LogP contribution in [0.1, 0.15) is 22.3 Å². The second kappa shape index (κ2) is 7.89. The molecule has 1 aliphatic rings. The van der Waals surface area contributed by atoms with Crippen LogP contribution in [0.25, 0.3) is 5.70 Å². The van der Waals surface area contributed by atoms with Gasteiger partial charge in [-0.1, -0.05) is 29.3 Å². The maximum Gasteiger partial charge on any atom is 0.255 e. The summed E-state index contributed by atoms with van der Waals surface area (Å²) in [6.07, 6.45) is 4.05. The van der Waals surface area contributed by atoms with E-state index in [2.05, 4.69) is 10.3 Å². The predicted octanol–water partition coefficient (Wildman–Crippen LogP) is 3.88. The van der Waals surface area contributed by atoms with Crippen LogP contribution in [0.4, 0.5) is 0 Å². The van der Waals surface area contributed by atoms with Crippen LogP contribution in [0.2, 0.25) is 10.0 Å². The average Bonchev–Trinajstić information content (AvgIpc) is 2.66. The van der Waals surface area contributed by atoms with E-state index in [1.165, 1.54) is 0 Å². The van der Waals surface area contributed by atoms with Gasteiger partial charge in [0.15, 0.2) is 0 Å². The van der Waals surface area contributed by atoms with E-state index in [9.17, 15) is 4.79 Å². The number of carbonyl (C=O) groups excluding carboxylic acids is 1.